The molecule has 3 aromatic rings. The van der Waals surface area contributed by atoms with Gasteiger partial charge in [-0.05, 0) is 44.4 Å². The van der Waals surface area contributed by atoms with Crippen LogP contribution in [0.2, 0.25) is 0 Å². The molecule has 0 spiro atoms. The molecule has 0 radical (unpaired) electrons. The summed E-state index contributed by atoms with van der Waals surface area (Å²) in [5.41, 5.74) is 0.600. The minimum absolute atomic E-state index is 0.0447. The Kier molecular flexibility index (Phi) is 5.47. The number of carbonyl (C=O) groups excluding carboxylic acids is 1. The Labute approximate surface area is 172 Å². The molecule has 7 heteroatoms. The fourth-order valence-corrected chi connectivity index (χ4v) is 4.11. The molecule has 0 aliphatic heterocycles. The summed E-state index contributed by atoms with van der Waals surface area (Å²) in [6.45, 7) is 1.71. The van der Waals surface area contributed by atoms with E-state index in [-0.39, 0.29) is 11.3 Å². The number of rotatable bonds is 4. The highest BCUT2D eigenvalue weighted by Crippen LogP contribution is 2.31. The monoisotopic (exact) mass is 415 g/mol. The van der Waals surface area contributed by atoms with Gasteiger partial charge in [-0.1, -0.05) is 18.2 Å². The maximum atomic E-state index is 14.0. The van der Waals surface area contributed by atoms with E-state index in [1.54, 1.807) is 32.2 Å². The average Bonchev–Trinajstić information content (AvgIpc) is 3.07. The van der Waals surface area contributed by atoms with Gasteiger partial charge in [-0.15, -0.1) is 0 Å². The molecule has 1 saturated carbocycles. The highest BCUT2D eigenvalue weighted by Gasteiger charge is 2.38. The third-order valence-corrected chi connectivity index (χ3v) is 5.77. The molecule has 1 fully saturated rings. The van der Waals surface area contributed by atoms with Crippen molar-refractivity contribution < 1.29 is 27.8 Å². The van der Waals surface area contributed by atoms with Crippen molar-refractivity contribution in [2.24, 2.45) is 0 Å². The van der Waals surface area contributed by atoms with Gasteiger partial charge in [0.2, 0.25) is 0 Å². The van der Waals surface area contributed by atoms with Crippen molar-refractivity contribution in [1.82, 2.24) is 4.90 Å². The van der Waals surface area contributed by atoms with Crippen molar-refractivity contribution in [3.8, 4) is 5.75 Å². The molecule has 1 aliphatic carbocycles. The first-order valence-corrected chi connectivity index (χ1v) is 9.92. The first kappa shape index (κ1) is 20.3. The van der Waals surface area contributed by atoms with E-state index in [1.807, 2.05) is 0 Å². The van der Waals surface area contributed by atoms with Crippen molar-refractivity contribution in [2.45, 2.75) is 44.4 Å². The van der Waals surface area contributed by atoms with Gasteiger partial charge in [0.25, 0.3) is 5.91 Å². The number of amides is 1. The van der Waals surface area contributed by atoms with Crippen LogP contribution >= 0.6 is 0 Å². The maximum absolute atomic E-state index is 14.0. The van der Waals surface area contributed by atoms with Gasteiger partial charge in [-0.2, -0.15) is 0 Å². The average molecular weight is 415 g/mol. The Morgan fingerprint density at radius 1 is 1.20 bits per heavy atom. The number of furan rings is 1. The molecular formula is C23H23F2NO4. The molecule has 158 valence electrons. The molecule has 1 aromatic heterocycles. The smallest absolute Gasteiger partial charge is 0.289 e. The summed E-state index contributed by atoms with van der Waals surface area (Å²) in [6.07, 6.45) is 0.366. The molecule has 0 bridgehead atoms. The van der Waals surface area contributed by atoms with Crippen molar-refractivity contribution in [3.63, 3.8) is 0 Å². The summed E-state index contributed by atoms with van der Waals surface area (Å²) in [5, 5.41) is 11.4. The van der Waals surface area contributed by atoms with E-state index in [0.29, 0.717) is 29.5 Å². The van der Waals surface area contributed by atoms with Crippen LogP contribution in [0.15, 0.2) is 46.9 Å². The molecule has 5 nitrogen and oxygen atoms in total. The molecule has 30 heavy (non-hydrogen) atoms. The van der Waals surface area contributed by atoms with Crippen LogP contribution in [0.4, 0.5) is 8.78 Å². The zero-order valence-corrected chi connectivity index (χ0v) is 16.8. The minimum Gasteiger partial charge on any atom is -0.488 e. The molecular weight excluding hydrogens is 392 g/mol. The molecule has 1 N–H and O–H groups in total. The molecule has 3 atom stereocenters. The summed E-state index contributed by atoms with van der Waals surface area (Å²) in [5.74, 6) is -0.999. The summed E-state index contributed by atoms with van der Waals surface area (Å²) in [4.78, 5) is 14.5. The number of likely N-dealkylation sites (N-methyl/N-ethyl adjacent to an activating group) is 1. The Morgan fingerprint density at radius 3 is 2.70 bits per heavy atom. The number of aryl methyl sites for hydroxylation is 1. The zero-order valence-electron chi connectivity index (χ0n) is 16.8. The molecule has 2 aromatic carbocycles. The highest BCUT2D eigenvalue weighted by atomic mass is 19.1. The van der Waals surface area contributed by atoms with Gasteiger partial charge in [0.15, 0.2) is 17.2 Å². The molecule has 1 aliphatic rings. The molecule has 1 heterocycles. The van der Waals surface area contributed by atoms with Crippen LogP contribution in [0, 0.1) is 18.6 Å². The number of carbonyl (C=O) groups is 1. The van der Waals surface area contributed by atoms with E-state index in [9.17, 15) is 18.7 Å². The van der Waals surface area contributed by atoms with Gasteiger partial charge < -0.3 is 19.2 Å². The van der Waals surface area contributed by atoms with Gasteiger partial charge in [0.05, 0.1) is 6.04 Å². The number of benzene rings is 2. The molecule has 0 saturated heterocycles. The second-order valence-electron chi connectivity index (χ2n) is 7.69. The van der Waals surface area contributed by atoms with Crippen LogP contribution in [-0.4, -0.2) is 41.2 Å². The molecule has 4 rings (SSSR count). The van der Waals surface area contributed by atoms with Crippen LogP contribution in [0.1, 0.15) is 35.4 Å². The van der Waals surface area contributed by atoms with E-state index >= 15 is 0 Å². The summed E-state index contributed by atoms with van der Waals surface area (Å²) in [6, 6.07) is 9.78. The van der Waals surface area contributed by atoms with E-state index in [1.165, 1.54) is 29.2 Å². The van der Waals surface area contributed by atoms with Gasteiger partial charge in [0.1, 0.15) is 23.8 Å². The van der Waals surface area contributed by atoms with Crippen molar-refractivity contribution in [1.29, 1.82) is 0 Å². The fraction of sp³-hybridized carbons (Fsp3) is 0.348. The summed E-state index contributed by atoms with van der Waals surface area (Å²) >= 11 is 0. The standard InChI is InChI=1S/C23H23F2NO4/c1-13-16-8-4-9-17(25)22(16)30-21(13)23(28)26(2)18-10-5-11-19(20(18)27)29-15-7-3-6-14(24)12-15/h3-4,6-9,12,18-20,27H,5,10-11H2,1-2H3/t18-,19-,20-/m1/s1. The topological polar surface area (TPSA) is 62.9 Å². The van der Waals surface area contributed by atoms with Crippen LogP contribution in [0.5, 0.6) is 5.75 Å². The highest BCUT2D eigenvalue weighted by molar-refractivity contribution is 5.99. The minimum atomic E-state index is -0.961. The zero-order chi connectivity index (χ0) is 21.4. The van der Waals surface area contributed by atoms with Crippen molar-refractivity contribution in [3.05, 3.63) is 65.4 Å². The predicted molar refractivity (Wildman–Crippen MR) is 107 cm³/mol. The van der Waals surface area contributed by atoms with Gasteiger partial charge in [0, 0.05) is 24.1 Å². The lowest BCUT2D eigenvalue weighted by Crippen LogP contribution is -2.53. The largest absolute Gasteiger partial charge is 0.488 e. The number of hydrogen-bond donors (Lipinski definition) is 1. The number of hydrogen-bond acceptors (Lipinski definition) is 4. The Bertz CT molecular complexity index is 1080. The first-order chi connectivity index (χ1) is 14.4. The Hall–Kier alpha value is -2.93. The second-order valence-corrected chi connectivity index (χ2v) is 7.69. The van der Waals surface area contributed by atoms with Crippen molar-refractivity contribution >= 4 is 16.9 Å². The Morgan fingerprint density at radius 2 is 1.97 bits per heavy atom. The van der Waals surface area contributed by atoms with Crippen LogP contribution in [-0.2, 0) is 0 Å². The Balaban J connectivity index is 1.55. The van der Waals surface area contributed by atoms with E-state index in [0.717, 1.165) is 6.42 Å². The SMILES string of the molecule is Cc1c(C(=O)N(C)[C@@H]2CCC[C@@H](Oc3cccc(F)c3)[C@@H]2O)oc2c(F)cccc12. The number of aliphatic hydroxyl groups is 1. The lowest BCUT2D eigenvalue weighted by molar-refractivity contribution is -0.0418. The van der Waals surface area contributed by atoms with Crippen LogP contribution in [0.3, 0.4) is 0 Å². The first-order valence-electron chi connectivity index (χ1n) is 9.92. The summed E-state index contributed by atoms with van der Waals surface area (Å²) in [7, 11) is 1.59. The van der Waals surface area contributed by atoms with Crippen LogP contribution in [0.25, 0.3) is 11.0 Å². The third kappa shape index (κ3) is 3.65. The fourth-order valence-electron chi connectivity index (χ4n) is 4.11. The number of para-hydroxylation sites is 1. The maximum Gasteiger partial charge on any atom is 0.289 e. The van der Waals surface area contributed by atoms with E-state index in [4.69, 9.17) is 9.15 Å². The number of nitrogens with zero attached hydrogens (tertiary/aromatic N) is 1. The lowest BCUT2D eigenvalue weighted by Gasteiger charge is -2.39. The van der Waals surface area contributed by atoms with Crippen molar-refractivity contribution in [2.75, 3.05) is 7.05 Å². The van der Waals surface area contributed by atoms with Gasteiger partial charge in [-0.3, -0.25) is 4.79 Å². The lowest BCUT2D eigenvalue weighted by atomic mass is 9.88. The normalized spacial score (nSPS) is 21.6. The molecule has 1 amide bonds. The third-order valence-electron chi connectivity index (χ3n) is 5.77. The van der Waals surface area contributed by atoms with Crippen LogP contribution < -0.4 is 4.74 Å². The molecule has 0 unspecified atom stereocenters. The van der Waals surface area contributed by atoms with E-state index in [2.05, 4.69) is 0 Å². The summed E-state index contributed by atoms with van der Waals surface area (Å²) < 4.78 is 38.8. The quantitative estimate of drug-likeness (QED) is 0.684. The van der Waals surface area contributed by atoms with Gasteiger partial charge >= 0.3 is 0 Å². The number of aliphatic hydroxyl groups excluding tert-OH is 1. The number of fused-ring (bicyclic) bond motifs is 1. The van der Waals surface area contributed by atoms with E-state index < -0.39 is 35.8 Å². The van der Waals surface area contributed by atoms with Gasteiger partial charge in [-0.25, -0.2) is 8.78 Å². The predicted octanol–water partition coefficient (Wildman–Crippen LogP) is 4.45. The second kappa shape index (κ2) is 8.07. The number of ether oxygens (including phenoxy) is 1. The number of halogens is 2.